The van der Waals surface area contributed by atoms with Gasteiger partial charge in [-0.15, -0.1) is 0 Å². The van der Waals surface area contributed by atoms with E-state index in [1.165, 1.54) is 18.4 Å². The van der Waals surface area contributed by atoms with Crippen molar-refractivity contribution in [1.29, 1.82) is 0 Å². The molecule has 0 saturated heterocycles. The summed E-state index contributed by atoms with van der Waals surface area (Å²) in [5.41, 5.74) is 7.15. The third-order valence-corrected chi connectivity index (χ3v) is 3.86. The minimum absolute atomic E-state index is 0.0369. The van der Waals surface area contributed by atoms with Crippen LogP contribution in [0, 0.1) is 0 Å². The zero-order valence-electron chi connectivity index (χ0n) is 12.2. The second kappa shape index (κ2) is 7.41. The Bertz CT molecular complexity index is 417. The fourth-order valence-electron chi connectivity index (χ4n) is 2.28. The molecule has 0 heterocycles. The van der Waals surface area contributed by atoms with Gasteiger partial charge in [-0.3, -0.25) is 4.79 Å². The van der Waals surface area contributed by atoms with Crippen molar-refractivity contribution in [2.75, 3.05) is 20.1 Å². The highest BCUT2D eigenvalue weighted by Crippen LogP contribution is 2.24. The minimum Gasteiger partial charge on any atom is -0.353 e. The van der Waals surface area contributed by atoms with E-state index < -0.39 is 6.04 Å². The van der Waals surface area contributed by atoms with Crippen LogP contribution >= 0.6 is 0 Å². The number of nitrogens with zero attached hydrogens (tertiary/aromatic N) is 1. The molecule has 1 aliphatic rings. The largest absolute Gasteiger partial charge is 0.353 e. The first-order valence-corrected chi connectivity index (χ1v) is 7.44. The van der Waals surface area contributed by atoms with Gasteiger partial charge in [0.1, 0.15) is 0 Å². The number of hydrogen-bond acceptors (Lipinski definition) is 3. The molecular weight excluding hydrogens is 250 g/mol. The molecule has 20 heavy (non-hydrogen) atoms. The van der Waals surface area contributed by atoms with Crippen molar-refractivity contribution in [3.8, 4) is 0 Å². The van der Waals surface area contributed by atoms with E-state index >= 15 is 0 Å². The Morgan fingerprint density at radius 2 is 2.10 bits per heavy atom. The number of benzene rings is 1. The van der Waals surface area contributed by atoms with Crippen molar-refractivity contribution in [3.63, 3.8) is 0 Å². The molecular formula is C16H25N3O. The van der Waals surface area contributed by atoms with Crippen LogP contribution in [-0.2, 0) is 11.2 Å². The van der Waals surface area contributed by atoms with Crippen LogP contribution in [0.1, 0.15) is 24.8 Å². The Kier molecular flexibility index (Phi) is 5.56. The quantitative estimate of drug-likeness (QED) is 0.748. The van der Waals surface area contributed by atoms with Gasteiger partial charge >= 0.3 is 0 Å². The van der Waals surface area contributed by atoms with Crippen LogP contribution in [-0.4, -0.2) is 43.0 Å². The molecule has 3 N–H and O–H groups in total. The van der Waals surface area contributed by atoms with Crippen molar-refractivity contribution in [1.82, 2.24) is 10.2 Å². The average Bonchev–Trinajstić information content (AvgIpc) is 3.30. The molecule has 1 saturated carbocycles. The summed E-state index contributed by atoms with van der Waals surface area (Å²) in [6.45, 7) is 1.59. The van der Waals surface area contributed by atoms with E-state index in [4.69, 9.17) is 5.73 Å². The maximum Gasteiger partial charge on any atom is 0.236 e. The first-order chi connectivity index (χ1) is 9.66. The molecule has 0 spiro atoms. The van der Waals surface area contributed by atoms with E-state index in [9.17, 15) is 4.79 Å². The van der Waals surface area contributed by atoms with E-state index in [-0.39, 0.29) is 5.91 Å². The van der Waals surface area contributed by atoms with Gasteiger partial charge in [0.05, 0.1) is 6.04 Å². The van der Waals surface area contributed by atoms with E-state index in [0.29, 0.717) is 13.0 Å². The van der Waals surface area contributed by atoms with Crippen LogP contribution in [0.4, 0.5) is 0 Å². The monoisotopic (exact) mass is 275 g/mol. The van der Waals surface area contributed by atoms with Crippen LogP contribution in [0.5, 0.6) is 0 Å². The van der Waals surface area contributed by atoms with Crippen molar-refractivity contribution < 1.29 is 4.79 Å². The van der Waals surface area contributed by atoms with Crippen molar-refractivity contribution in [2.45, 2.75) is 37.8 Å². The molecule has 110 valence electrons. The van der Waals surface area contributed by atoms with Gasteiger partial charge in [0.2, 0.25) is 5.91 Å². The molecule has 4 heteroatoms. The number of carbonyl (C=O) groups is 1. The number of nitrogens with one attached hydrogen (secondary N) is 1. The summed E-state index contributed by atoms with van der Waals surface area (Å²) in [5, 5.41) is 2.93. The summed E-state index contributed by atoms with van der Waals surface area (Å²) < 4.78 is 0. The van der Waals surface area contributed by atoms with E-state index in [0.717, 1.165) is 19.0 Å². The molecule has 1 unspecified atom stereocenters. The van der Waals surface area contributed by atoms with Crippen molar-refractivity contribution in [2.24, 2.45) is 5.73 Å². The molecule has 1 fully saturated rings. The molecule has 1 aliphatic carbocycles. The van der Waals surface area contributed by atoms with Crippen LogP contribution in [0.15, 0.2) is 30.3 Å². The predicted octanol–water partition coefficient (Wildman–Crippen LogP) is 1.16. The first-order valence-electron chi connectivity index (χ1n) is 7.44. The van der Waals surface area contributed by atoms with Crippen LogP contribution in [0.25, 0.3) is 0 Å². The number of nitrogens with two attached hydrogens (primary N) is 1. The molecule has 1 aromatic rings. The van der Waals surface area contributed by atoms with Crippen LogP contribution in [0.3, 0.4) is 0 Å². The maximum absolute atomic E-state index is 11.9. The van der Waals surface area contributed by atoms with Gasteiger partial charge in [0.15, 0.2) is 0 Å². The van der Waals surface area contributed by atoms with E-state index in [1.54, 1.807) is 0 Å². The SMILES string of the molecule is CN(CCNC(=O)C(N)CCc1ccccc1)C1CC1. The van der Waals surface area contributed by atoms with Gasteiger partial charge in [0.25, 0.3) is 0 Å². The predicted molar refractivity (Wildman–Crippen MR) is 81.4 cm³/mol. The zero-order valence-corrected chi connectivity index (χ0v) is 12.2. The zero-order chi connectivity index (χ0) is 14.4. The summed E-state index contributed by atoms with van der Waals surface area (Å²) >= 11 is 0. The lowest BCUT2D eigenvalue weighted by atomic mass is 10.1. The van der Waals surface area contributed by atoms with E-state index in [1.807, 2.05) is 18.2 Å². The molecule has 1 atom stereocenters. The highest BCUT2D eigenvalue weighted by molar-refractivity contribution is 5.81. The lowest BCUT2D eigenvalue weighted by molar-refractivity contribution is -0.122. The molecule has 0 bridgehead atoms. The van der Waals surface area contributed by atoms with Crippen molar-refractivity contribution >= 4 is 5.91 Å². The second-order valence-electron chi connectivity index (χ2n) is 5.63. The standard InChI is InChI=1S/C16H25N3O/c1-19(14-8-9-14)12-11-18-16(20)15(17)10-7-13-5-3-2-4-6-13/h2-6,14-15H,7-12,17H2,1H3,(H,18,20). The fourth-order valence-corrected chi connectivity index (χ4v) is 2.28. The van der Waals surface area contributed by atoms with E-state index in [2.05, 4.69) is 29.4 Å². The number of aryl methyl sites for hydroxylation is 1. The summed E-state index contributed by atoms with van der Waals surface area (Å²) in [5.74, 6) is -0.0369. The first kappa shape index (κ1) is 15.0. The number of hydrogen-bond donors (Lipinski definition) is 2. The maximum atomic E-state index is 11.9. The van der Waals surface area contributed by atoms with Gasteiger partial charge in [-0.05, 0) is 38.3 Å². The number of carbonyl (C=O) groups excluding carboxylic acids is 1. The minimum atomic E-state index is -0.415. The Morgan fingerprint density at radius 3 is 2.75 bits per heavy atom. The van der Waals surface area contributed by atoms with Gasteiger partial charge in [-0.1, -0.05) is 30.3 Å². The number of likely N-dealkylation sites (N-methyl/N-ethyl adjacent to an activating group) is 1. The van der Waals surface area contributed by atoms with Crippen LogP contribution < -0.4 is 11.1 Å². The van der Waals surface area contributed by atoms with Crippen molar-refractivity contribution in [3.05, 3.63) is 35.9 Å². The third kappa shape index (κ3) is 4.94. The molecule has 2 rings (SSSR count). The summed E-state index contributed by atoms with van der Waals surface area (Å²) in [7, 11) is 2.11. The van der Waals surface area contributed by atoms with Gasteiger partial charge < -0.3 is 16.0 Å². The summed E-state index contributed by atoms with van der Waals surface area (Å²) in [4.78, 5) is 14.2. The topological polar surface area (TPSA) is 58.4 Å². The molecule has 1 aromatic carbocycles. The Labute approximate surface area is 121 Å². The molecule has 0 aromatic heterocycles. The summed E-state index contributed by atoms with van der Waals surface area (Å²) in [6.07, 6.45) is 4.12. The summed E-state index contributed by atoms with van der Waals surface area (Å²) in [6, 6.07) is 10.5. The lowest BCUT2D eigenvalue weighted by Gasteiger charge is -2.17. The highest BCUT2D eigenvalue weighted by atomic mass is 16.2. The average molecular weight is 275 g/mol. The fraction of sp³-hybridized carbons (Fsp3) is 0.562. The molecule has 0 aliphatic heterocycles. The highest BCUT2D eigenvalue weighted by Gasteiger charge is 2.25. The Balaban J connectivity index is 1.61. The smallest absolute Gasteiger partial charge is 0.236 e. The second-order valence-corrected chi connectivity index (χ2v) is 5.63. The Hall–Kier alpha value is -1.39. The number of rotatable bonds is 8. The van der Waals surface area contributed by atoms with Gasteiger partial charge in [-0.25, -0.2) is 0 Å². The molecule has 1 amide bonds. The third-order valence-electron chi connectivity index (χ3n) is 3.86. The normalized spacial score (nSPS) is 16.1. The van der Waals surface area contributed by atoms with Gasteiger partial charge in [0, 0.05) is 19.1 Å². The number of amides is 1. The lowest BCUT2D eigenvalue weighted by Crippen LogP contribution is -2.43. The van der Waals surface area contributed by atoms with Crippen LogP contribution in [0.2, 0.25) is 0 Å². The molecule has 4 nitrogen and oxygen atoms in total. The van der Waals surface area contributed by atoms with Gasteiger partial charge in [-0.2, -0.15) is 0 Å². The Morgan fingerprint density at radius 1 is 1.40 bits per heavy atom. The molecule has 0 radical (unpaired) electrons.